The lowest BCUT2D eigenvalue weighted by Crippen LogP contribution is -1.97. The van der Waals surface area contributed by atoms with Gasteiger partial charge < -0.3 is 5.11 Å². The molecule has 0 heterocycles. The zero-order chi connectivity index (χ0) is 13.8. The van der Waals surface area contributed by atoms with Crippen LogP contribution in [-0.4, -0.2) is 5.11 Å². The number of aryl methyl sites for hydroxylation is 1. The van der Waals surface area contributed by atoms with Crippen LogP contribution in [0.5, 0.6) is 0 Å². The van der Waals surface area contributed by atoms with Crippen molar-refractivity contribution in [3.63, 3.8) is 0 Å². The van der Waals surface area contributed by atoms with Crippen molar-refractivity contribution in [2.75, 3.05) is 0 Å². The number of hydrogen-bond donors (Lipinski definition) is 1. The van der Waals surface area contributed by atoms with Gasteiger partial charge in [-0.1, -0.05) is 30.3 Å². The lowest BCUT2D eigenvalue weighted by atomic mass is 10.1. The third-order valence-corrected chi connectivity index (χ3v) is 4.12. The molecule has 0 aromatic heterocycles. The Morgan fingerprint density at radius 1 is 1.21 bits per heavy atom. The van der Waals surface area contributed by atoms with E-state index in [4.69, 9.17) is 0 Å². The standard InChI is InChI=1S/C16H17FOS/c1-11-8-16(14(12(2)18)9-15(11)17)19-10-13-6-4-3-5-7-13/h3-9,12,18H,10H2,1-2H3. The Hall–Kier alpha value is -1.32. The minimum Gasteiger partial charge on any atom is -0.389 e. The van der Waals surface area contributed by atoms with E-state index in [0.717, 1.165) is 10.6 Å². The second kappa shape index (κ2) is 6.22. The first-order valence-corrected chi connectivity index (χ1v) is 7.21. The molecule has 0 spiro atoms. The maximum Gasteiger partial charge on any atom is 0.126 e. The third kappa shape index (κ3) is 3.58. The van der Waals surface area contributed by atoms with E-state index >= 15 is 0 Å². The van der Waals surface area contributed by atoms with Crippen molar-refractivity contribution in [2.24, 2.45) is 0 Å². The molecule has 1 N–H and O–H groups in total. The molecule has 2 aromatic carbocycles. The summed E-state index contributed by atoms with van der Waals surface area (Å²) in [6.07, 6.45) is -0.659. The first-order chi connectivity index (χ1) is 9.08. The lowest BCUT2D eigenvalue weighted by molar-refractivity contribution is 0.196. The second-order valence-electron chi connectivity index (χ2n) is 4.59. The molecule has 0 radical (unpaired) electrons. The molecule has 0 saturated heterocycles. The minimum atomic E-state index is -0.659. The fraction of sp³-hybridized carbons (Fsp3) is 0.250. The van der Waals surface area contributed by atoms with Gasteiger partial charge in [0, 0.05) is 10.6 Å². The minimum absolute atomic E-state index is 0.264. The zero-order valence-electron chi connectivity index (χ0n) is 11.1. The summed E-state index contributed by atoms with van der Waals surface area (Å²) in [5.74, 6) is 0.547. The van der Waals surface area contributed by atoms with Crippen LogP contribution in [0.4, 0.5) is 4.39 Å². The highest BCUT2D eigenvalue weighted by Gasteiger charge is 2.12. The van der Waals surface area contributed by atoms with Crippen molar-refractivity contribution < 1.29 is 9.50 Å². The summed E-state index contributed by atoms with van der Waals surface area (Å²) in [6, 6.07) is 13.4. The van der Waals surface area contributed by atoms with Crippen LogP contribution in [-0.2, 0) is 5.75 Å². The van der Waals surface area contributed by atoms with E-state index in [1.807, 2.05) is 24.3 Å². The molecule has 1 nitrogen and oxygen atoms in total. The SMILES string of the molecule is Cc1cc(SCc2ccccc2)c(C(C)O)cc1F. The van der Waals surface area contributed by atoms with Crippen molar-refractivity contribution in [1.29, 1.82) is 0 Å². The first-order valence-electron chi connectivity index (χ1n) is 6.22. The zero-order valence-corrected chi connectivity index (χ0v) is 11.9. The van der Waals surface area contributed by atoms with Gasteiger partial charge in [-0.25, -0.2) is 4.39 Å². The smallest absolute Gasteiger partial charge is 0.126 e. The van der Waals surface area contributed by atoms with Crippen molar-refractivity contribution >= 4 is 11.8 Å². The molecule has 0 fully saturated rings. The molecule has 100 valence electrons. The Bertz CT molecular complexity index is 552. The van der Waals surface area contributed by atoms with E-state index in [1.54, 1.807) is 25.6 Å². The molecule has 1 atom stereocenters. The molecule has 0 aliphatic carbocycles. The molecule has 19 heavy (non-hydrogen) atoms. The van der Waals surface area contributed by atoms with Crippen LogP contribution >= 0.6 is 11.8 Å². The van der Waals surface area contributed by atoms with E-state index < -0.39 is 6.10 Å². The Balaban J connectivity index is 2.22. The maximum atomic E-state index is 13.6. The lowest BCUT2D eigenvalue weighted by Gasteiger charge is -2.13. The summed E-state index contributed by atoms with van der Waals surface area (Å²) in [4.78, 5) is 0.942. The number of benzene rings is 2. The van der Waals surface area contributed by atoms with Gasteiger partial charge in [-0.3, -0.25) is 0 Å². The average Bonchev–Trinajstić information content (AvgIpc) is 2.40. The highest BCUT2D eigenvalue weighted by Crippen LogP contribution is 2.32. The Kier molecular flexibility index (Phi) is 4.61. The summed E-state index contributed by atoms with van der Waals surface area (Å²) in [5, 5.41) is 9.74. The van der Waals surface area contributed by atoms with Gasteiger partial charge in [0.25, 0.3) is 0 Å². The third-order valence-electron chi connectivity index (χ3n) is 2.98. The Morgan fingerprint density at radius 2 is 1.89 bits per heavy atom. The molecule has 0 saturated carbocycles. The van der Waals surface area contributed by atoms with Gasteiger partial charge in [0.15, 0.2) is 0 Å². The Labute approximate surface area is 117 Å². The van der Waals surface area contributed by atoms with Gasteiger partial charge >= 0.3 is 0 Å². The Morgan fingerprint density at radius 3 is 2.53 bits per heavy atom. The number of hydrogen-bond acceptors (Lipinski definition) is 2. The van der Waals surface area contributed by atoms with Gasteiger partial charge in [-0.05, 0) is 42.7 Å². The van der Waals surface area contributed by atoms with E-state index in [9.17, 15) is 9.50 Å². The average molecular weight is 276 g/mol. The fourth-order valence-electron chi connectivity index (χ4n) is 1.86. The van der Waals surface area contributed by atoms with Gasteiger partial charge in [0.05, 0.1) is 6.10 Å². The summed E-state index contributed by atoms with van der Waals surface area (Å²) < 4.78 is 13.6. The maximum absolute atomic E-state index is 13.6. The van der Waals surface area contributed by atoms with Crippen molar-refractivity contribution in [2.45, 2.75) is 30.6 Å². The predicted molar refractivity (Wildman–Crippen MR) is 77.8 cm³/mol. The van der Waals surface area contributed by atoms with Crippen LogP contribution in [0.25, 0.3) is 0 Å². The van der Waals surface area contributed by atoms with Crippen molar-refractivity contribution in [3.8, 4) is 0 Å². The van der Waals surface area contributed by atoms with Gasteiger partial charge in [-0.2, -0.15) is 0 Å². The van der Waals surface area contributed by atoms with E-state index in [2.05, 4.69) is 12.1 Å². The highest BCUT2D eigenvalue weighted by molar-refractivity contribution is 7.98. The van der Waals surface area contributed by atoms with E-state index in [1.165, 1.54) is 11.6 Å². The number of halogens is 1. The van der Waals surface area contributed by atoms with Gasteiger partial charge in [0.1, 0.15) is 5.82 Å². The van der Waals surface area contributed by atoms with Gasteiger partial charge in [0.2, 0.25) is 0 Å². The summed E-state index contributed by atoms with van der Waals surface area (Å²) >= 11 is 1.62. The topological polar surface area (TPSA) is 20.2 Å². The molecule has 0 bridgehead atoms. The normalized spacial score (nSPS) is 12.4. The van der Waals surface area contributed by atoms with Crippen LogP contribution in [0.15, 0.2) is 47.4 Å². The largest absolute Gasteiger partial charge is 0.389 e. The van der Waals surface area contributed by atoms with E-state index in [0.29, 0.717) is 11.1 Å². The molecule has 2 aromatic rings. The molecule has 1 unspecified atom stereocenters. The number of aliphatic hydroxyl groups is 1. The number of aliphatic hydroxyl groups excluding tert-OH is 1. The molecule has 0 aliphatic rings. The molecule has 3 heteroatoms. The van der Waals surface area contributed by atoms with Crippen LogP contribution in [0.1, 0.15) is 29.7 Å². The first kappa shape index (κ1) is 14.1. The summed E-state index contributed by atoms with van der Waals surface area (Å²) in [5.41, 5.74) is 2.48. The quantitative estimate of drug-likeness (QED) is 0.831. The van der Waals surface area contributed by atoms with Crippen LogP contribution in [0.2, 0.25) is 0 Å². The van der Waals surface area contributed by atoms with Crippen LogP contribution in [0.3, 0.4) is 0 Å². The molecule has 2 rings (SSSR count). The summed E-state index contributed by atoms with van der Waals surface area (Å²) in [6.45, 7) is 3.41. The van der Waals surface area contributed by atoms with Gasteiger partial charge in [-0.15, -0.1) is 11.8 Å². The molecule has 0 aliphatic heterocycles. The highest BCUT2D eigenvalue weighted by atomic mass is 32.2. The van der Waals surface area contributed by atoms with Crippen LogP contribution < -0.4 is 0 Å². The molecule has 0 amide bonds. The van der Waals surface area contributed by atoms with E-state index in [-0.39, 0.29) is 5.82 Å². The van der Waals surface area contributed by atoms with Crippen LogP contribution in [0, 0.1) is 12.7 Å². The predicted octanol–water partition coefficient (Wildman–Crippen LogP) is 4.48. The fourth-order valence-corrected chi connectivity index (χ4v) is 3.03. The number of thioether (sulfide) groups is 1. The molecular formula is C16H17FOS. The monoisotopic (exact) mass is 276 g/mol. The molecular weight excluding hydrogens is 259 g/mol. The number of rotatable bonds is 4. The second-order valence-corrected chi connectivity index (χ2v) is 5.61. The summed E-state index contributed by atoms with van der Waals surface area (Å²) in [7, 11) is 0. The van der Waals surface area contributed by atoms with Crippen molar-refractivity contribution in [3.05, 3.63) is 65.0 Å². The van der Waals surface area contributed by atoms with Crippen molar-refractivity contribution in [1.82, 2.24) is 0 Å².